The van der Waals surface area contributed by atoms with Crippen LogP contribution < -0.4 is 10.1 Å². The van der Waals surface area contributed by atoms with Gasteiger partial charge in [-0.2, -0.15) is 0 Å². The first-order chi connectivity index (χ1) is 9.04. The van der Waals surface area contributed by atoms with Crippen molar-refractivity contribution in [2.75, 3.05) is 6.07 Å². The number of alkyl halides is 1. The molecule has 1 amide bonds. The van der Waals surface area contributed by atoms with Gasteiger partial charge in [-0.3, -0.25) is 0 Å². The van der Waals surface area contributed by atoms with Crippen LogP contribution in [0.25, 0.3) is 0 Å². The maximum atomic E-state index is 11.7. The van der Waals surface area contributed by atoms with E-state index in [0.29, 0.717) is 5.75 Å². The van der Waals surface area contributed by atoms with Crippen LogP contribution in [0, 0.1) is 5.92 Å². The standard InChI is InChI=1S/C13H16ClNO4/c1-9(2)11(12(16)18-8-14)15-13(17)19-10-6-4-3-5-7-10/h3-7,9,11H,8H2,1-2H3,(H,15,17)/t11-/m0/s1. The van der Waals surface area contributed by atoms with Crippen LogP contribution in [-0.2, 0) is 9.53 Å². The summed E-state index contributed by atoms with van der Waals surface area (Å²) in [6, 6.07) is 7.52. The van der Waals surface area contributed by atoms with Crippen LogP contribution in [0.1, 0.15) is 13.8 Å². The highest BCUT2D eigenvalue weighted by atomic mass is 35.5. The molecule has 0 unspecified atom stereocenters. The van der Waals surface area contributed by atoms with Crippen molar-refractivity contribution in [3.8, 4) is 5.75 Å². The Bertz CT molecular complexity index is 422. The lowest BCUT2D eigenvalue weighted by Crippen LogP contribution is -2.46. The molecule has 0 heterocycles. The van der Waals surface area contributed by atoms with E-state index >= 15 is 0 Å². The van der Waals surface area contributed by atoms with Gasteiger partial charge < -0.3 is 14.8 Å². The summed E-state index contributed by atoms with van der Waals surface area (Å²) in [5.41, 5.74) is 0. The highest BCUT2D eigenvalue weighted by Crippen LogP contribution is 2.10. The summed E-state index contributed by atoms with van der Waals surface area (Å²) in [7, 11) is 0. The summed E-state index contributed by atoms with van der Waals surface area (Å²) >= 11 is 5.32. The van der Waals surface area contributed by atoms with Gasteiger partial charge in [0.05, 0.1) is 0 Å². The largest absolute Gasteiger partial charge is 0.448 e. The van der Waals surface area contributed by atoms with Crippen LogP contribution >= 0.6 is 11.6 Å². The van der Waals surface area contributed by atoms with Crippen LogP contribution in [0.15, 0.2) is 30.3 Å². The van der Waals surface area contributed by atoms with Crippen LogP contribution in [0.5, 0.6) is 5.75 Å². The van der Waals surface area contributed by atoms with Gasteiger partial charge >= 0.3 is 12.1 Å². The van der Waals surface area contributed by atoms with Gasteiger partial charge in [0.1, 0.15) is 11.8 Å². The Kier molecular flexibility index (Phi) is 6.15. The number of benzene rings is 1. The van der Waals surface area contributed by atoms with E-state index in [2.05, 4.69) is 10.1 Å². The zero-order valence-corrected chi connectivity index (χ0v) is 11.5. The molecule has 0 saturated heterocycles. The molecule has 5 nitrogen and oxygen atoms in total. The third kappa shape index (κ3) is 5.18. The highest BCUT2D eigenvalue weighted by molar-refractivity contribution is 6.17. The second kappa shape index (κ2) is 7.63. The molecule has 1 N–H and O–H groups in total. The Labute approximate surface area is 116 Å². The SMILES string of the molecule is CC(C)[C@H](NC(=O)Oc1ccccc1)C(=O)OCCl. The number of nitrogens with one attached hydrogen (secondary N) is 1. The lowest BCUT2D eigenvalue weighted by atomic mass is 10.1. The maximum Gasteiger partial charge on any atom is 0.413 e. The number of hydrogen-bond acceptors (Lipinski definition) is 4. The molecule has 104 valence electrons. The number of carbonyl (C=O) groups excluding carboxylic acids is 2. The van der Waals surface area contributed by atoms with Crippen LogP contribution in [0.4, 0.5) is 4.79 Å². The molecule has 1 atom stereocenters. The van der Waals surface area contributed by atoms with Crippen molar-refractivity contribution in [1.82, 2.24) is 5.32 Å². The topological polar surface area (TPSA) is 64.6 Å². The molecule has 0 radical (unpaired) electrons. The van der Waals surface area contributed by atoms with Crippen molar-refractivity contribution in [2.24, 2.45) is 5.92 Å². The molecule has 0 aliphatic heterocycles. The van der Waals surface area contributed by atoms with Crippen LogP contribution in [0.2, 0.25) is 0 Å². The molecule has 0 aliphatic carbocycles. The van der Waals surface area contributed by atoms with E-state index in [1.165, 1.54) is 0 Å². The molecular formula is C13H16ClNO4. The lowest BCUT2D eigenvalue weighted by molar-refractivity contribution is -0.145. The summed E-state index contributed by atoms with van der Waals surface area (Å²) in [5.74, 6) is -0.331. The van der Waals surface area contributed by atoms with Gasteiger partial charge in [0, 0.05) is 0 Å². The van der Waals surface area contributed by atoms with Gasteiger partial charge in [0.25, 0.3) is 0 Å². The van der Waals surface area contributed by atoms with E-state index in [1.54, 1.807) is 44.2 Å². The normalized spacial score (nSPS) is 11.8. The number of rotatable bonds is 5. The Balaban J connectivity index is 2.59. The van der Waals surface area contributed by atoms with Gasteiger partial charge in [0.15, 0.2) is 6.07 Å². The van der Waals surface area contributed by atoms with Gasteiger partial charge in [-0.25, -0.2) is 9.59 Å². The van der Waals surface area contributed by atoms with E-state index in [9.17, 15) is 9.59 Å². The van der Waals surface area contributed by atoms with Crippen LogP contribution in [-0.4, -0.2) is 24.2 Å². The van der Waals surface area contributed by atoms with Crippen LogP contribution in [0.3, 0.4) is 0 Å². The quantitative estimate of drug-likeness (QED) is 0.667. The number of ether oxygens (including phenoxy) is 2. The smallest absolute Gasteiger partial charge is 0.413 e. The lowest BCUT2D eigenvalue weighted by Gasteiger charge is -2.19. The number of para-hydroxylation sites is 1. The fourth-order valence-electron chi connectivity index (χ4n) is 1.39. The molecule has 0 aliphatic rings. The number of esters is 1. The van der Waals surface area contributed by atoms with E-state index in [0.717, 1.165) is 0 Å². The third-order valence-corrected chi connectivity index (χ3v) is 2.45. The van der Waals surface area contributed by atoms with Crippen molar-refractivity contribution in [1.29, 1.82) is 0 Å². The molecule has 1 aromatic rings. The number of hydrogen-bond donors (Lipinski definition) is 1. The number of amides is 1. The molecular weight excluding hydrogens is 270 g/mol. The summed E-state index contributed by atoms with van der Waals surface area (Å²) < 4.78 is 9.71. The molecule has 19 heavy (non-hydrogen) atoms. The van der Waals surface area contributed by atoms with E-state index in [1.807, 2.05) is 0 Å². The summed E-state index contributed by atoms with van der Waals surface area (Å²) in [6.07, 6.45) is -0.712. The highest BCUT2D eigenvalue weighted by Gasteiger charge is 2.26. The first-order valence-corrected chi connectivity index (χ1v) is 6.34. The third-order valence-electron chi connectivity index (χ3n) is 2.34. The Morgan fingerprint density at radius 3 is 2.42 bits per heavy atom. The Morgan fingerprint density at radius 2 is 1.89 bits per heavy atom. The molecule has 0 aromatic heterocycles. The predicted molar refractivity (Wildman–Crippen MR) is 71.0 cm³/mol. The minimum atomic E-state index is -0.796. The molecule has 0 fully saturated rings. The van der Waals surface area contributed by atoms with Crippen molar-refractivity contribution < 1.29 is 19.1 Å². The van der Waals surface area contributed by atoms with Crippen molar-refractivity contribution in [2.45, 2.75) is 19.9 Å². The van der Waals surface area contributed by atoms with Crippen molar-refractivity contribution in [3.05, 3.63) is 30.3 Å². The first-order valence-electron chi connectivity index (χ1n) is 5.80. The van der Waals surface area contributed by atoms with Gasteiger partial charge in [-0.15, -0.1) is 0 Å². The summed E-state index contributed by atoms with van der Waals surface area (Å²) in [4.78, 5) is 23.3. The van der Waals surface area contributed by atoms with Gasteiger partial charge in [-0.1, -0.05) is 43.6 Å². The van der Waals surface area contributed by atoms with E-state index in [4.69, 9.17) is 16.3 Å². The zero-order valence-electron chi connectivity index (χ0n) is 10.8. The predicted octanol–water partition coefficient (Wildman–Crippen LogP) is 2.54. The Hall–Kier alpha value is -1.75. The Morgan fingerprint density at radius 1 is 1.26 bits per heavy atom. The molecule has 1 aromatic carbocycles. The van der Waals surface area contributed by atoms with Crippen molar-refractivity contribution in [3.63, 3.8) is 0 Å². The molecule has 6 heteroatoms. The molecule has 0 bridgehead atoms. The monoisotopic (exact) mass is 285 g/mol. The minimum absolute atomic E-state index is 0.140. The molecule has 0 spiro atoms. The fourth-order valence-corrected chi connectivity index (χ4v) is 1.50. The number of halogens is 1. The average molecular weight is 286 g/mol. The zero-order chi connectivity index (χ0) is 14.3. The second-order valence-electron chi connectivity index (χ2n) is 4.14. The summed E-state index contributed by atoms with van der Waals surface area (Å²) in [5, 5.41) is 2.46. The fraction of sp³-hybridized carbons (Fsp3) is 0.385. The first kappa shape index (κ1) is 15.3. The molecule has 1 rings (SSSR count). The van der Waals surface area contributed by atoms with Gasteiger partial charge in [-0.05, 0) is 18.1 Å². The van der Waals surface area contributed by atoms with Crippen molar-refractivity contribution >= 4 is 23.7 Å². The number of carbonyl (C=O) groups is 2. The van der Waals surface area contributed by atoms with E-state index < -0.39 is 18.1 Å². The molecule has 0 saturated carbocycles. The summed E-state index contributed by atoms with van der Waals surface area (Å²) in [6.45, 7) is 3.56. The van der Waals surface area contributed by atoms with Gasteiger partial charge in [0.2, 0.25) is 0 Å². The average Bonchev–Trinajstić information content (AvgIpc) is 2.37. The van der Waals surface area contributed by atoms with E-state index in [-0.39, 0.29) is 12.0 Å². The minimum Gasteiger partial charge on any atom is -0.448 e. The maximum absolute atomic E-state index is 11.7. The second-order valence-corrected chi connectivity index (χ2v) is 4.36.